The Morgan fingerprint density at radius 2 is 1.97 bits per heavy atom. The first-order chi connectivity index (χ1) is 16.8. The third-order valence-electron chi connectivity index (χ3n) is 8.23. The summed E-state index contributed by atoms with van der Waals surface area (Å²) in [5.74, 6) is 0.875. The summed E-state index contributed by atoms with van der Waals surface area (Å²) in [6.45, 7) is 4.03. The van der Waals surface area contributed by atoms with Crippen molar-refractivity contribution in [2.75, 3.05) is 11.5 Å². The number of aromatic nitrogens is 4. The lowest BCUT2D eigenvalue weighted by Crippen LogP contribution is -2.32. The van der Waals surface area contributed by atoms with Crippen molar-refractivity contribution in [1.82, 2.24) is 19.5 Å². The first-order valence-electron chi connectivity index (χ1n) is 12.0. The van der Waals surface area contributed by atoms with Crippen molar-refractivity contribution >= 4 is 49.5 Å². The van der Waals surface area contributed by atoms with E-state index in [1.165, 1.54) is 11.9 Å². The number of halogens is 1. The van der Waals surface area contributed by atoms with Crippen LogP contribution in [0.1, 0.15) is 38.3 Å². The number of fused-ring (bicyclic) bond motifs is 5. The van der Waals surface area contributed by atoms with Crippen molar-refractivity contribution in [3.63, 3.8) is 0 Å². The van der Waals surface area contributed by atoms with Crippen molar-refractivity contribution in [3.05, 3.63) is 52.9 Å². The third kappa shape index (κ3) is 3.14. The Bertz CT molecular complexity index is 1500. The number of hydrogen-bond acceptors (Lipinski definition) is 7. The second kappa shape index (κ2) is 7.15. The summed E-state index contributed by atoms with van der Waals surface area (Å²) < 4.78 is 16.1. The van der Waals surface area contributed by atoms with Crippen molar-refractivity contribution in [1.29, 1.82) is 0 Å². The Kier molecular flexibility index (Phi) is 4.40. The van der Waals surface area contributed by atoms with Crippen LogP contribution in [0.4, 0.5) is 11.6 Å². The van der Waals surface area contributed by atoms with Gasteiger partial charge in [0.2, 0.25) is 0 Å². The van der Waals surface area contributed by atoms with E-state index in [4.69, 9.17) is 20.9 Å². The van der Waals surface area contributed by atoms with Gasteiger partial charge in [0.25, 0.3) is 0 Å². The van der Waals surface area contributed by atoms with E-state index in [-0.39, 0.29) is 23.7 Å². The molecule has 9 heteroatoms. The first kappa shape index (κ1) is 21.5. The predicted octanol–water partition coefficient (Wildman–Crippen LogP) is 4.62. The molecule has 0 amide bonds. The zero-order valence-corrected chi connectivity index (χ0v) is 21.2. The molecule has 2 aliphatic carbocycles. The van der Waals surface area contributed by atoms with E-state index in [9.17, 15) is 0 Å². The molecule has 1 saturated heterocycles. The van der Waals surface area contributed by atoms with Gasteiger partial charge < -0.3 is 25.5 Å². The lowest BCUT2D eigenvalue weighted by atomic mass is 9.91. The van der Waals surface area contributed by atoms with Crippen LogP contribution in [0.3, 0.4) is 0 Å². The average Bonchev–Trinajstić information content (AvgIpc) is 3.07. The van der Waals surface area contributed by atoms with E-state index in [0.717, 1.165) is 45.7 Å². The Morgan fingerprint density at radius 3 is 2.83 bits per heavy atom. The van der Waals surface area contributed by atoms with Crippen molar-refractivity contribution in [3.8, 4) is 0 Å². The Hall–Kier alpha value is -2.75. The number of aryl methyl sites for hydroxylation is 1. The molecule has 1 aromatic carbocycles. The van der Waals surface area contributed by atoms with Gasteiger partial charge in [-0.25, -0.2) is 15.0 Å². The number of hydrogen-bond donors (Lipinski definition) is 2. The van der Waals surface area contributed by atoms with Gasteiger partial charge in [-0.15, -0.1) is 0 Å². The second-order valence-electron chi connectivity index (χ2n) is 10.7. The fourth-order valence-corrected chi connectivity index (χ4v) is 6.93. The monoisotopic (exact) mass is 534 g/mol. The third-order valence-corrected chi connectivity index (χ3v) is 8.86. The van der Waals surface area contributed by atoms with E-state index >= 15 is 0 Å². The molecule has 0 spiro atoms. The van der Waals surface area contributed by atoms with Crippen LogP contribution in [-0.4, -0.2) is 37.5 Å². The normalized spacial score (nSPS) is 30.6. The number of ether oxygens (including phenoxy) is 2. The summed E-state index contributed by atoms with van der Waals surface area (Å²) in [6.07, 6.45) is 6.74. The van der Waals surface area contributed by atoms with Gasteiger partial charge in [-0.05, 0) is 78.7 Å². The van der Waals surface area contributed by atoms with Gasteiger partial charge in [0.1, 0.15) is 29.7 Å². The van der Waals surface area contributed by atoms with Crippen LogP contribution >= 0.6 is 15.9 Å². The molecule has 0 bridgehead atoms. The lowest BCUT2D eigenvalue weighted by Gasteiger charge is -2.24. The number of rotatable bonds is 4. The highest BCUT2D eigenvalue weighted by molar-refractivity contribution is 9.10. The molecule has 7 rings (SSSR count). The number of nitrogens with zero attached hydrogens (tertiary/aromatic N) is 4. The van der Waals surface area contributed by atoms with Gasteiger partial charge in [-0.3, -0.25) is 0 Å². The van der Waals surface area contributed by atoms with Crippen molar-refractivity contribution in [2.24, 2.45) is 11.3 Å². The summed E-state index contributed by atoms with van der Waals surface area (Å²) in [4.78, 5) is 13.3. The van der Waals surface area contributed by atoms with Crippen LogP contribution in [0, 0.1) is 11.3 Å². The minimum atomic E-state index is -0.608. The SMILES string of the molecule is CC1(C)O[C@H]2[C@H](n3ccc4c(N)ncnc43)[C@H]3C[C@@]3(CCc3ccc4cc(Br)c(N)nc4c3)[C@H]2O1. The van der Waals surface area contributed by atoms with Gasteiger partial charge in [-0.2, -0.15) is 0 Å². The molecule has 8 nitrogen and oxygen atoms in total. The summed E-state index contributed by atoms with van der Waals surface area (Å²) in [5, 5.41) is 1.96. The summed E-state index contributed by atoms with van der Waals surface area (Å²) in [7, 11) is 0. The van der Waals surface area contributed by atoms with Crippen molar-refractivity contribution < 1.29 is 9.47 Å². The van der Waals surface area contributed by atoms with Gasteiger partial charge in [-0.1, -0.05) is 12.1 Å². The van der Waals surface area contributed by atoms with Gasteiger partial charge in [0, 0.05) is 17.0 Å². The zero-order chi connectivity index (χ0) is 24.1. The van der Waals surface area contributed by atoms with E-state index in [1.807, 2.05) is 26.0 Å². The van der Waals surface area contributed by atoms with Crippen LogP contribution in [0.15, 0.2) is 47.3 Å². The molecule has 3 aromatic heterocycles. The molecule has 0 radical (unpaired) electrons. The molecule has 4 heterocycles. The minimum Gasteiger partial charge on any atom is -0.383 e. The quantitative estimate of drug-likeness (QED) is 0.392. The number of pyridine rings is 1. The van der Waals surface area contributed by atoms with E-state index in [0.29, 0.717) is 17.6 Å². The fraction of sp³-hybridized carbons (Fsp3) is 0.423. The van der Waals surface area contributed by atoms with E-state index < -0.39 is 5.79 Å². The molecule has 1 aliphatic heterocycles. The molecule has 35 heavy (non-hydrogen) atoms. The number of anilines is 2. The maximum Gasteiger partial charge on any atom is 0.163 e. The highest BCUT2D eigenvalue weighted by Gasteiger charge is 2.75. The molecular weight excluding hydrogens is 508 g/mol. The summed E-state index contributed by atoms with van der Waals surface area (Å²) >= 11 is 3.47. The lowest BCUT2D eigenvalue weighted by molar-refractivity contribution is -0.161. The molecule has 3 aliphatic rings. The molecule has 0 unspecified atom stereocenters. The van der Waals surface area contributed by atoms with Crippen LogP contribution < -0.4 is 11.5 Å². The predicted molar refractivity (Wildman–Crippen MR) is 138 cm³/mol. The molecule has 4 aromatic rings. The molecule has 2 saturated carbocycles. The smallest absolute Gasteiger partial charge is 0.163 e. The van der Waals surface area contributed by atoms with E-state index in [2.05, 4.69) is 59.8 Å². The van der Waals surface area contributed by atoms with Gasteiger partial charge >= 0.3 is 0 Å². The van der Waals surface area contributed by atoms with E-state index in [1.54, 1.807) is 0 Å². The number of nitrogen functional groups attached to an aromatic ring is 2. The van der Waals surface area contributed by atoms with Gasteiger partial charge in [0.15, 0.2) is 5.79 Å². The Labute approximate surface area is 211 Å². The standard InChI is InChI=1S/C26H27BrN6O2/c1-25(2)34-20-19(33-8-6-15-22(28)30-12-31-24(15)33)16-11-26(16,21(20)35-25)7-5-13-3-4-14-10-17(27)23(29)32-18(14)9-13/h3-4,6,8-10,12,16,19-21H,5,7,11H2,1-2H3,(H2,29,32)(H2,28,30,31)/t16-,19-,20+,21+,26-/m1/s1. The molecule has 180 valence electrons. The highest BCUT2D eigenvalue weighted by atomic mass is 79.9. The molecule has 5 atom stereocenters. The molecule has 4 N–H and O–H groups in total. The average molecular weight is 535 g/mol. The maximum atomic E-state index is 6.55. The number of nitrogens with two attached hydrogens (primary N) is 2. The highest BCUT2D eigenvalue weighted by Crippen LogP contribution is 2.73. The Balaban J connectivity index is 1.21. The van der Waals surface area contributed by atoms with Crippen LogP contribution in [0.25, 0.3) is 21.9 Å². The second-order valence-corrected chi connectivity index (χ2v) is 11.5. The first-order valence-corrected chi connectivity index (χ1v) is 12.8. The molecule has 3 fully saturated rings. The number of benzene rings is 1. The topological polar surface area (TPSA) is 114 Å². The zero-order valence-electron chi connectivity index (χ0n) is 19.6. The summed E-state index contributed by atoms with van der Waals surface area (Å²) in [6, 6.07) is 10.7. The van der Waals surface area contributed by atoms with Crippen LogP contribution in [0.2, 0.25) is 0 Å². The maximum absolute atomic E-state index is 6.55. The van der Waals surface area contributed by atoms with Crippen LogP contribution in [0.5, 0.6) is 0 Å². The summed E-state index contributed by atoms with van der Waals surface area (Å²) in [5.41, 5.74) is 15.3. The van der Waals surface area contributed by atoms with Crippen molar-refractivity contribution in [2.45, 2.75) is 57.1 Å². The molecular formula is C26H27BrN6O2. The largest absolute Gasteiger partial charge is 0.383 e. The fourth-order valence-electron chi connectivity index (χ4n) is 6.60. The Morgan fingerprint density at radius 1 is 1.11 bits per heavy atom. The minimum absolute atomic E-state index is 0.0223. The van der Waals surface area contributed by atoms with Gasteiger partial charge in [0.05, 0.1) is 27.5 Å². The van der Waals surface area contributed by atoms with Crippen LogP contribution in [-0.2, 0) is 15.9 Å².